The highest BCUT2D eigenvalue weighted by atomic mass is 79.9. The van der Waals surface area contributed by atoms with Gasteiger partial charge in [-0.3, -0.25) is 4.79 Å². The van der Waals surface area contributed by atoms with E-state index in [4.69, 9.17) is 0 Å². The number of hydrogen-bond acceptors (Lipinski definition) is 1. The van der Waals surface area contributed by atoms with Crippen LogP contribution in [0.25, 0.3) is 0 Å². The van der Waals surface area contributed by atoms with Gasteiger partial charge in [-0.1, -0.05) is 48.0 Å². The van der Waals surface area contributed by atoms with Crippen molar-refractivity contribution in [3.63, 3.8) is 0 Å². The summed E-state index contributed by atoms with van der Waals surface area (Å²) in [5, 5.41) is 2.60. The minimum Gasteiger partial charge on any atom is -0.350 e. The first-order valence-corrected chi connectivity index (χ1v) is 9.24. The molecule has 1 aromatic rings. The first-order chi connectivity index (χ1) is 11.4. The predicted octanol–water partition coefficient (Wildman–Crippen LogP) is 5.13. The molecule has 1 aliphatic carbocycles. The largest absolute Gasteiger partial charge is 0.350 e. The fourth-order valence-corrected chi connectivity index (χ4v) is 3.32. The number of benzene rings is 1. The molecule has 1 N–H and O–H groups in total. The smallest absolute Gasteiger partial charge is 0.280 e. The Hall–Kier alpha value is -1.42. The van der Waals surface area contributed by atoms with E-state index in [0.29, 0.717) is 24.0 Å². The number of carbonyl (C=O) groups is 1. The lowest BCUT2D eigenvalue weighted by Crippen LogP contribution is -2.27. The summed E-state index contributed by atoms with van der Waals surface area (Å²) in [5.74, 6) is -0.452. The highest BCUT2D eigenvalue weighted by molar-refractivity contribution is 9.10. The second kappa shape index (κ2) is 8.61. The molecule has 0 saturated heterocycles. The lowest BCUT2D eigenvalue weighted by atomic mass is 10.0. The van der Waals surface area contributed by atoms with Crippen molar-refractivity contribution in [3.05, 3.63) is 57.4 Å². The highest BCUT2D eigenvalue weighted by Gasteiger charge is 2.20. The summed E-state index contributed by atoms with van der Waals surface area (Å²) in [7, 11) is 0. The van der Waals surface area contributed by atoms with Crippen LogP contribution in [0.1, 0.15) is 38.3 Å². The third kappa shape index (κ3) is 5.30. The van der Waals surface area contributed by atoms with Crippen LogP contribution in [0.4, 0.5) is 4.39 Å². The molecule has 2 rings (SSSR count). The Morgan fingerprint density at radius 3 is 2.79 bits per heavy atom. The lowest BCUT2D eigenvalue weighted by molar-refractivity contribution is -0.119. The molecule has 1 amide bonds. The molecule has 0 spiro atoms. The minimum atomic E-state index is -0.689. The second-order valence-electron chi connectivity index (χ2n) is 6.93. The van der Waals surface area contributed by atoms with E-state index >= 15 is 0 Å². The number of halogens is 2. The maximum atomic E-state index is 14.0. The van der Waals surface area contributed by atoms with E-state index in [2.05, 4.69) is 39.4 Å². The number of allylic oxidation sites excluding steroid dienone is 3. The number of amides is 1. The molecule has 0 heterocycles. The SMILES string of the molecule is CC(/C=C/CC1Cc2ccc(Br)cc2C1)=C(\F)C(=O)NCC(C)C. The first kappa shape index (κ1) is 18.9. The lowest BCUT2D eigenvalue weighted by Gasteiger charge is -2.07. The van der Waals surface area contributed by atoms with Crippen molar-refractivity contribution in [1.82, 2.24) is 5.32 Å². The molecule has 0 aromatic heterocycles. The van der Waals surface area contributed by atoms with Gasteiger partial charge in [0.25, 0.3) is 5.91 Å². The molecule has 1 aliphatic rings. The van der Waals surface area contributed by atoms with Crippen LogP contribution in [-0.4, -0.2) is 12.5 Å². The third-order valence-corrected chi connectivity index (χ3v) is 4.73. The zero-order valence-electron chi connectivity index (χ0n) is 14.5. The highest BCUT2D eigenvalue weighted by Crippen LogP contribution is 2.31. The molecule has 1 aromatic carbocycles. The molecule has 130 valence electrons. The Bertz CT molecular complexity index is 664. The van der Waals surface area contributed by atoms with Gasteiger partial charge < -0.3 is 5.32 Å². The summed E-state index contributed by atoms with van der Waals surface area (Å²) in [5.41, 5.74) is 3.19. The fourth-order valence-electron chi connectivity index (χ4n) is 2.91. The van der Waals surface area contributed by atoms with Gasteiger partial charge in [-0.15, -0.1) is 0 Å². The molecular weight excluding hydrogens is 369 g/mol. The first-order valence-electron chi connectivity index (χ1n) is 8.45. The Morgan fingerprint density at radius 1 is 1.38 bits per heavy atom. The molecule has 2 nitrogen and oxygen atoms in total. The van der Waals surface area contributed by atoms with E-state index in [1.165, 1.54) is 11.1 Å². The molecule has 0 aliphatic heterocycles. The van der Waals surface area contributed by atoms with Crippen LogP contribution in [0.15, 0.2) is 46.2 Å². The van der Waals surface area contributed by atoms with E-state index in [1.54, 1.807) is 13.0 Å². The number of fused-ring (bicyclic) bond motifs is 1. The molecule has 4 heteroatoms. The van der Waals surface area contributed by atoms with Gasteiger partial charge >= 0.3 is 0 Å². The van der Waals surface area contributed by atoms with E-state index in [0.717, 1.165) is 23.7 Å². The summed E-state index contributed by atoms with van der Waals surface area (Å²) in [6.07, 6.45) is 6.72. The number of carbonyl (C=O) groups excluding carboxylic acids is 1. The van der Waals surface area contributed by atoms with Gasteiger partial charge in [0.1, 0.15) is 0 Å². The van der Waals surface area contributed by atoms with Gasteiger partial charge in [-0.25, -0.2) is 4.39 Å². The molecule has 24 heavy (non-hydrogen) atoms. The van der Waals surface area contributed by atoms with Crippen molar-refractivity contribution in [1.29, 1.82) is 0 Å². The molecule has 0 radical (unpaired) electrons. The fraction of sp³-hybridized carbons (Fsp3) is 0.450. The normalized spacial score (nSPS) is 18.0. The van der Waals surface area contributed by atoms with E-state index in [1.807, 2.05) is 19.9 Å². The molecular formula is C20H25BrFNO. The Labute approximate surface area is 152 Å². The van der Waals surface area contributed by atoms with E-state index in [9.17, 15) is 9.18 Å². The van der Waals surface area contributed by atoms with Crippen LogP contribution in [0.2, 0.25) is 0 Å². The number of rotatable bonds is 6. The minimum absolute atomic E-state index is 0.307. The maximum absolute atomic E-state index is 14.0. The van der Waals surface area contributed by atoms with Crippen LogP contribution in [-0.2, 0) is 17.6 Å². The van der Waals surface area contributed by atoms with E-state index in [-0.39, 0.29) is 0 Å². The van der Waals surface area contributed by atoms with Crippen molar-refractivity contribution < 1.29 is 9.18 Å². The monoisotopic (exact) mass is 393 g/mol. The van der Waals surface area contributed by atoms with Crippen LogP contribution in [0, 0.1) is 11.8 Å². The van der Waals surface area contributed by atoms with Crippen LogP contribution >= 0.6 is 15.9 Å². The van der Waals surface area contributed by atoms with Crippen LogP contribution in [0.3, 0.4) is 0 Å². The maximum Gasteiger partial charge on any atom is 0.280 e. The molecule has 0 saturated carbocycles. The second-order valence-corrected chi connectivity index (χ2v) is 7.84. The standard InChI is InChI=1S/C20H25BrFNO/c1-13(2)12-23-20(24)19(22)14(3)5-4-6-15-9-16-7-8-18(21)11-17(16)10-15/h4-5,7-8,11,13,15H,6,9-10,12H2,1-3H3,(H,23,24)/b5-4+,19-14+. The molecule has 0 bridgehead atoms. The van der Waals surface area contributed by atoms with Crippen molar-refractivity contribution in [2.24, 2.45) is 11.8 Å². The predicted molar refractivity (Wildman–Crippen MR) is 100 cm³/mol. The van der Waals surface area contributed by atoms with Crippen molar-refractivity contribution in [3.8, 4) is 0 Å². The average molecular weight is 394 g/mol. The Morgan fingerprint density at radius 2 is 2.08 bits per heavy atom. The van der Waals surface area contributed by atoms with Gasteiger partial charge in [0.2, 0.25) is 0 Å². The zero-order chi connectivity index (χ0) is 17.7. The average Bonchev–Trinajstić information content (AvgIpc) is 2.93. The zero-order valence-corrected chi connectivity index (χ0v) is 16.1. The number of nitrogens with one attached hydrogen (secondary N) is 1. The van der Waals surface area contributed by atoms with Gasteiger partial charge in [0.15, 0.2) is 5.83 Å². The summed E-state index contributed by atoms with van der Waals surface area (Å²) >= 11 is 3.51. The molecule has 0 fully saturated rings. The van der Waals surface area contributed by atoms with Crippen molar-refractivity contribution >= 4 is 21.8 Å². The van der Waals surface area contributed by atoms with Crippen molar-refractivity contribution in [2.45, 2.75) is 40.0 Å². The summed E-state index contributed by atoms with van der Waals surface area (Å²) < 4.78 is 15.1. The van der Waals surface area contributed by atoms with Crippen LogP contribution < -0.4 is 5.32 Å². The van der Waals surface area contributed by atoms with Gasteiger partial charge in [0, 0.05) is 11.0 Å². The summed E-state index contributed by atoms with van der Waals surface area (Å²) in [6.45, 7) is 6.08. The Balaban J connectivity index is 1.87. The summed E-state index contributed by atoms with van der Waals surface area (Å²) in [6, 6.07) is 6.44. The van der Waals surface area contributed by atoms with Gasteiger partial charge in [0.05, 0.1) is 0 Å². The summed E-state index contributed by atoms with van der Waals surface area (Å²) in [4.78, 5) is 11.7. The van der Waals surface area contributed by atoms with Gasteiger partial charge in [-0.2, -0.15) is 0 Å². The topological polar surface area (TPSA) is 29.1 Å². The number of hydrogen-bond donors (Lipinski definition) is 1. The van der Waals surface area contributed by atoms with E-state index < -0.39 is 11.7 Å². The molecule has 1 unspecified atom stereocenters. The third-order valence-electron chi connectivity index (χ3n) is 4.24. The van der Waals surface area contributed by atoms with Gasteiger partial charge in [-0.05, 0) is 66.9 Å². The molecule has 1 atom stereocenters. The van der Waals surface area contributed by atoms with Crippen molar-refractivity contribution in [2.75, 3.05) is 6.54 Å². The Kier molecular flexibility index (Phi) is 6.79. The quantitative estimate of drug-likeness (QED) is 0.526. The van der Waals surface area contributed by atoms with Crippen LogP contribution in [0.5, 0.6) is 0 Å².